The van der Waals surface area contributed by atoms with Crippen LogP contribution >= 0.6 is 15.9 Å². The van der Waals surface area contributed by atoms with Gasteiger partial charge in [0.2, 0.25) is 0 Å². The van der Waals surface area contributed by atoms with Crippen molar-refractivity contribution in [1.82, 2.24) is 19.8 Å². The summed E-state index contributed by atoms with van der Waals surface area (Å²) in [5, 5.41) is 1.04. The number of hydrogen-bond donors (Lipinski definition) is 0. The number of rotatable bonds is 7. The fourth-order valence-corrected chi connectivity index (χ4v) is 7.42. The lowest BCUT2D eigenvalue weighted by Gasteiger charge is -2.53. The number of carbonyl (C=O) groups is 1. The Hall–Kier alpha value is -2.33. The molecular weight excluding hydrogens is 598 g/mol. The van der Waals surface area contributed by atoms with E-state index in [1.54, 1.807) is 0 Å². The first-order valence-electron chi connectivity index (χ1n) is 15.9. The second-order valence-corrected chi connectivity index (χ2v) is 14.4. The number of ether oxygens (including phenoxy) is 3. The normalized spacial score (nSPS) is 21.5. The van der Waals surface area contributed by atoms with E-state index < -0.39 is 5.60 Å². The molecule has 1 spiro atoms. The van der Waals surface area contributed by atoms with Gasteiger partial charge < -0.3 is 28.9 Å². The number of hydrogen-bond acceptors (Lipinski definition) is 8. The van der Waals surface area contributed by atoms with E-state index in [4.69, 9.17) is 24.2 Å². The summed E-state index contributed by atoms with van der Waals surface area (Å²) in [6, 6.07) is 2.73. The number of amides is 1. The van der Waals surface area contributed by atoms with E-state index in [0.29, 0.717) is 18.5 Å². The Morgan fingerprint density at radius 1 is 1.05 bits per heavy atom. The maximum atomic E-state index is 12.6. The average molecular weight is 645 g/mol. The van der Waals surface area contributed by atoms with Gasteiger partial charge in [0, 0.05) is 50.1 Å². The fourth-order valence-electron chi connectivity index (χ4n) is 6.68. The van der Waals surface area contributed by atoms with Gasteiger partial charge in [0.15, 0.2) is 5.75 Å². The molecule has 9 nitrogen and oxygen atoms in total. The van der Waals surface area contributed by atoms with E-state index in [0.717, 1.165) is 98.4 Å². The van der Waals surface area contributed by atoms with E-state index >= 15 is 0 Å². The summed E-state index contributed by atoms with van der Waals surface area (Å²) in [4.78, 5) is 29.4. The lowest BCUT2D eigenvalue weighted by molar-refractivity contribution is -0.0434. The molecule has 0 N–H and O–H groups in total. The van der Waals surface area contributed by atoms with Crippen LogP contribution in [-0.4, -0.2) is 90.0 Å². The molecule has 0 bridgehead atoms. The molecule has 6 rings (SSSR count). The quantitative estimate of drug-likeness (QED) is 0.344. The highest BCUT2D eigenvalue weighted by Crippen LogP contribution is 2.50. The molecule has 3 aliphatic heterocycles. The second kappa shape index (κ2) is 11.6. The first kappa shape index (κ1) is 29.7. The Morgan fingerprint density at radius 3 is 2.33 bits per heavy atom. The molecule has 2 aromatic rings. The predicted octanol–water partition coefficient (Wildman–Crippen LogP) is 6.37. The van der Waals surface area contributed by atoms with E-state index in [-0.39, 0.29) is 17.6 Å². The van der Waals surface area contributed by atoms with Crippen molar-refractivity contribution in [3.63, 3.8) is 0 Å². The molecule has 3 saturated heterocycles. The zero-order valence-corrected chi connectivity index (χ0v) is 27.5. The van der Waals surface area contributed by atoms with Crippen LogP contribution in [0.3, 0.4) is 0 Å². The van der Waals surface area contributed by atoms with Crippen LogP contribution in [0.4, 0.5) is 10.6 Å². The molecular formula is C32H46BrN5O4. The molecule has 1 aromatic carbocycles. The van der Waals surface area contributed by atoms with Crippen LogP contribution in [0.2, 0.25) is 0 Å². The molecule has 1 aromatic heterocycles. The van der Waals surface area contributed by atoms with E-state index in [1.807, 2.05) is 32.6 Å². The fraction of sp³-hybridized carbons (Fsp3) is 0.719. The Kier molecular flexibility index (Phi) is 8.24. The minimum atomic E-state index is -0.473. The molecule has 1 saturated carbocycles. The molecule has 0 unspecified atom stereocenters. The van der Waals surface area contributed by atoms with Crippen LogP contribution in [0.15, 0.2) is 10.5 Å². The van der Waals surface area contributed by atoms with Crippen molar-refractivity contribution in [2.75, 3.05) is 57.3 Å². The Morgan fingerprint density at radius 2 is 1.74 bits per heavy atom. The van der Waals surface area contributed by atoms with Gasteiger partial charge in [-0.25, -0.2) is 4.79 Å². The number of aromatic nitrogens is 2. The summed E-state index contributed by atoms with van der Waals surface area (Å²) in [7, 11) is 0. The number of nitrogens with zero attached hydrogens (tertiary/aromatic N) is 5. The minimum absolute atomic E-state index is 0.112. The number of fused-ring (bicyclic) bond motifs is 1. The summed E-state index contributed by atoms with van der Waals surface area (Å²) in [6.07, 6.45) is 6.28. The van der Waals surface area contributed by atoms with Gasteiger partial charge in [0.05, 0.1) is 11.1 Å². The molecule has 230 valence electrons. The summed E-state index contributed by atoms with van der Waals surface area (Å²) in [5.74, 6) is 2.29. The lowest BCUT2D eigenvalue weighted by atomic mass is 9.72. The standard InChI is InChI=1S/C32H46BrN5O4/c1-6-36-14-10-22(11-15-36)41-29-34-26-24(18-23(21-8-9-21)25(33)27(26)40-7-2)28(35-29)37-16-12-32(13-17-37)19-38(20-32)30(39)42-31(3,4)5/h18,21-22H,6-17,19-20H2,1-5H3. The van der Waals surface area contributed by atoms with Crippen LogP contribution in [0.1, 0.15) is 84.6 Å². The maximum Gasteiger partial charge on any atom is 0.410 e. The summed E-state index contributed by atoms with van der Waals surface area (Å²) in [6.45, 7) is 17.0. The largest absolute Gasteiger partial charge is 0.490 e. The molecule has 10 heteroatoms. The van der Waals surface area contributed by atoms with E-state index in [2.05, 4.69) is 38.7 Å². The summed E-state index contributed by atoms with van der Waals surface area (Å²) in [5.41, 5.74) is 1.79. The molecule has 1 aliphatic carbocycles. The molecule has 0 radical (unpaired) electrons. The van der Waals surface area contributed by atoms with E-state index in [1.165, 1.54) is 18.4 Å². The van der Waals surface area contributed by atoms with Crippen molar-refractivity contribution in [1.29, 1.82) is 0 Å². The van der Waals surface area contributed by atoms with Crippen LogP contribution in [0.25, 0.3) is 10.9 Å². The topological polar surface area (TPSA) is 80.3 Å². The number of benzene rings is 1. The van der Waals surface area contributed by atoms with Crippen molar-refractivity contribution < 1.29 is 19.0 Å². The lowest BCUT2D eigenvalue weighted by Crippen LogP contribution is -2.62. The van der Waals surface area contributed by atoms with Crippen molar-refractivity contribution in [2.45, 2.75) is 90.8 Å². The highest BCUT2D eigenvalue weighted by molar-refractivity contribution is 9.10. The molecule has 0 atom stereocenters. The van der Waals surface area contributed by atoms with Crippen LogP contribution in [0.5, 0.6) is 11.8 Å². The Balaban J connectivity index is 1.27. The number of piperidine rings is 2. The van der Waals surface area contributed by atoms with E-state index in [9.17, 15) is 4.79 Å². The first-order chi connectivity index (χ1) is 20.1. The zero-order chi connectivity index (χ0) is 29.6. The molecule has 4 heterocycles. The highest BCUT2D eigenvalue weighted by atomic mass is 79.9. The molecule has 4 fully saturated rings. The van der Waals surface area contributed by atoms with Crippen molar-refractivity contribution in [3.05, 3.63) is 16.1 Å². The van der Waals surface area contributed by atoms with Gasteiger partial charge in [-0.1, -0.05) is 6.92 Å². The van der Waals surface area contributed by atoms with Gasteiger partial charge in [0.1, 0.15) is 23.0 Å². The summed E-state index contributed by atoms with van der Waals surface area (Å²) < 4.78 is 19.4. The zero-order valence-electron chi connectivity index (χ0n) is 25.9. The Labute approximate surface area is 258 Å². The van der Waals surface area contributed by atoms with Gasteiger partial charge >= 0.3 is 12.1 Å². The number of halogens is 1. The maximum absolute atomic E-state index is 12.6. The van der Waals surface area contributed by atoms with Gasteiger partial charge in [-0.2, -0.15) is 9.97 Å². The van der Waals surface area contributed by atoms with Crippen LogP contribution in [-0.2, 0) is 4.74 Å². The first-order valence-corrected chi connectivity index (χ1v) is 16.7. The van der Waals surface area contributed by atoms with Crippen LogP contribution in [0, 0.1) is 5.41 Å². The highest BCUT2D eigenvalue weighted by Gasteiger charge is 2.48. The Bertz CT molecular complexity index is 1300. The number of likely N-dealkylation sites (tertiary alicyclic amines) is 2. The average Bonchev–Trinajstić information content (AvgIpc) is 3.78. The molecule has 4 aliphatic rings. The third-order valence-corrected chi connectivity index (χ3v) is 10.1. The van der Waals surface area contributed by atoms with Crippen molar-refractivity contribution in [2.24, 2.45) is 5.41 Å². The molecule has 1 amide bonds. The number of anilines is 1. The van der Waals surface area contributed by atoms with Crippen molar-refractivity contribution in [3.8, 4) is 11.8 Å². The second-order valence-electron chi connectivity index (χ2n) is 13.6. The SMILES string of the molecule is CCOc1c(Br)c(C2CC2)cc2c(N3CCC4(CC3)CN(C(=O)OC(C)(C)C)C4)nc(OC3CCN(CC)CC3)nc12. The molecule has 42 heavy (non-hydrogen) atoms. The number of carbonyl (C=O) groups excluding carboxylic acids is 1. The summed E-state index contributed by atoms with van der Waals surface area (Å²) >= 11 is 3.88. The predicted molar refractivity (Wildman–Crippen MR) is 168 cm³/mol. The smallest absolute Gasteiger partial charge is 0.410 e. The third-order valence-electron chi connectivity index (χ3n) is 9.26. The third kappa shape index (κ3) is 6.16. The monoisotopic (exact) mass is 643 g/mol. The van der Waals surface area contributed by atoms with Gasteiger partial charge in [-0.3, -0.25) is 0 Å². The van der Waals surface area contributed by atoms with Crippen molar-refractivity contribution >= 4 is 38.7 Å². The van der Waals surface area contributed by atoms with Gasteiger partial charge in [0.25, 0.3) is 0 Å². The minimum Gasteiger partial charge on any atom is -0.490 e. The van der Waals surface area contributed by atoms with Crippen LogP contribution < -0.4 is 14.4 Å². The van der Waals surface area contributed by atoms with Gasteiger partial charge in [-0.05, 0) is 106 Å². The van der Waals surface area contributed by atoms with Gasteiger partial charge in [-0.15, -0.1) is 0 Å².